The molecule has 18 heavy (non-hydrogen) atoms. The van der Waals surface area contributed by atoms with Gasteiger partial charge in [0.25, 0.3) is 0 Å². The van der Waals surface area contributed by atoms with E-state index in [1.165, 1.54) is 20.3 Å². The number of rotatable bonds is 6. The number of carbonyl (C=O) groups excluding carboxylic acids is 1. The molecule has 0 saturated carbocycles. The zero-order valence-corrected chi connectivity index (χ0v) is 10.4. The van der Waals surface area contributed by atoms with E-state index in [4.69, 9.17) is 9.47 Å². The van der Waals surface area contributed by atoms with Crippen LogP contribution in [0.3, 0.4) is 0 Å². The van der Waals surface area contributed by atoms with E-state index >= 15 is 0 Å². The lowest BCUT2D eigenvalue weighted by atomic mass is 10.1. The van der Waals surface area contributed by atoms with Gasteiger partial charge in [-0.2, -0.15) is 0 Å². The molecule has 0 aliphatic heterocycles. The summed E-state index contributed by atoms with van der Waals surface area (Å²) in [5.41, 5.74) is 0.0976. The van der Waals surface area contributed by atoms with Crippen LogP contribution < -0.4 is 4.74 Å². The molecule has 0 aliphatic rings. The molecule has 0 aliphatic carbocycles. The van der Waals surface area contributed by atoms with Gasteiger partial charge in [0.05, 0.1) is 24.8 Å². The van der Waals surface area contributed by atoms with Crippen LogP contribution in [0, 0.1) is 0 Å². The summed E-state index contributed by atoms with van der Waals surface area (Å²) in [5.74, 6) is -1.15. The Labute approximate surface area is 105 Å². The smallest absolute Gasteiger partial charge is 0.338 e. The fraction of sp³-hybridized carbons (Fsp3) is 0.308. The summed E-state index contributed by atoms with van der Waals surface area (Å²) in [6.45, 7) is 3.82. The molecule has 4 nitrogen and oxygen atoms in total. The van der Waals surface area contributed by atoms with Gasteiger partial charge in [-0.15, -0.1) is 0 Å². The van der Waals surface area contributed by atoms with Crippen LogP contribution in [0.25, 0.3) is 5.83 Å². The van der Waals surface area contributed by atoms with Crippen LogP contribution in [0.15, 0.2) is 24.8 Å². The van der Waals surface area contributed by atoms with Gasteiger partial charge in [-0.05, 0) is 12.1 Å². The third kappa shape index (κ3) is 3.30. The van der Waals surface area contributed by atoms with Crippen molar-refractivity contribution in [2.45, 2.75) is 0 Å². The number of esters is 1. The summed E-state index contributed by atoms with van der Waals surface area (Å²) in [7, 11) is 2.76. The molecule has 0 radical (unpaired) electrons. The number of carbonyl (C=O) groups is 1. The Morgan fingerprint density at radius 1 is 1.33 bits per heavy atom. The Hall–Kier alpha value is -1.88. The molecule has 0 heterocycles. The average Bonchev–Trinajstić information content (AvgIpc) is 2.37. The van der Waals surface area contributed by atoms with E-state index in [-0.39, 0.29) is 23.5 Å². The lowest BCUT2D eigenvalue weighted by Gasteiger charge is -2.12. The van der Waals surface area contributed by atoms with Crippen LogP contribution >= 0.6 is 0 Å². The summed E-state index contributed by atoms with van der Waals surface area (Å²) in [6.07, 6.45) is 0. The predicted molar refractivity (Wildman–Crippen MR) is 65.3 cm³/mol. The van der Waals surface area contributed by atoms with E-state index < -0.39 is 11.8 Å². The average molecular weight is 254 g/mol. The fourth-order valence-corrected chi connectivity index (χ4v) is 1.45. The van der Waals surface area contributed by atoms with Crippen molar-refractivity contribution >= 4 is 11.8 Å². The zero-order valence-electron chi connectivity index (χ0n) is 10.4. The molecule has 0 atom stereocenters. The maximum absolute atomic E-state index is 13.4. The molecule has 5 heteroatoms. The molecule has 0 spiro atoms. The number of ether oxygens (including phenoxy) is 3. The van der Waals surface area contributed by atoms with Crippen LogP contribution in [-0.2, 0) is 9.47 Å². The van der Waals surface area contributed by atoms with Crippen LogP contribution in [0.4, 0.5) is 4.39 Å². The Bertz CT molecular complexity index is 443. The normalized spacial score (nSPS) is 9.94. The van der Waals surface area contributed by atoms with Gasteiger partial charge in [-0.25, -0.2) is 9.18 Å². The topological polar surface area (TPSA) is 44.8 Å². The molecule has 0 aromatic heterocycles. The second kappa shape index (κ2) is 6.76. The zero-order chi connectivity index (χ0) is 13.5. The Balaban J connectivity index is 3.09. The molecule has 0 bridgehead atoms. The number of methoxy groups -OCH3 is 2. The van der Waals surface area contributed by atoms with Gasteiger partial charge in [-0.1, -0.05) is 12.6 Å². The summed E-state index contributed by atoms with van der Waals surface area (Å²) < 4.78 is 28.2. The Kier molecular flexibility index (Phi) is 5.32. The first-order chi connectivity index (χ1) is 8.61. The van der Waals surface area contributed by atoms with Gasteiger partial charge in [-0.3, -0.25) is 0 Å². The SMILES string of the molecule is C=C(F)c1c(OCCOC)cccc1C(=O)OC. The quantitative estimate of drug-likeness (QED) is 0.577. The van der Waals surface area contributed by atoms with Gasteiger partial charge >= 0.3 is 5.97 Å². The van der Waals surface area contributed by atoms with E-state index in [0.717, 1.165) is 0 Å². The first kappa shape index (κ1) is 14.2. The third-order valence-corrected chi connectivity index (χ3v) is 2.25. The molecule has 0 unspecified atom stereocenters. The molecule has 1 rings (SSSR count). The van der Waals surface area contributed by atoms with Crippen molar-refractivity contribution < 1.29 is 23.4 Å². The second-order valence-electron chi connectivity index (χ2n) is 3.42. The maximum atomic E-state index is 13.4. The minimum absolute atomic E-state index is 0.0143. The van der Waals surface area contributed by atoms with Crippen molar-refractivity contribution in [3.05, 3.63) is 35.9 Å². The van der Waals surface area contributed by atoms with Crippen molar-refractivity contribution in [3.8, 4) is 5.75 Å². The Morgan fingerprint density at radius 3 is 2.61 bits per heavy atom. The summed E-state index contributed by atoms with van der Waals surface area (Å²) >= 11 is 0. The van der Waals surface area contributed by atoms with Gasteiger partial charge in [0, 0.05) is 7.11 Å². The number of hydrogen-bond acceptors (Lipinski definition) is 4. The van der Waals surface area contributed by atoms with Crippen molar-refractivity contribution in [2.24, 2.45) is 0 Å². The third-order valence-electron chi connectivity index (χ3n) is 2.25. The van der Waals surface area contributed by atoms with Gasteiger partial charge in [0.2, 0.25) is 0 Å². The highest BCUT2D eigenvalue weighted by molar-refractivity contribution is 5.95. The van der Waals surface area contributed by atoms with Crippen molar-refractivity contribution in [3.63, 3.8) is 0 Å². The summed E-state index contributed by atoms with van der Waals surface area (Å²) in [6, 6.07) is 4.60. The standard InChI is InChI=1S/C13H15FO4/c1-9(14)12-10(13(15)17-3)5-4-6-11(12)18-8-7-16-2/h4-6H,1,7-8H2,2-3H3. The minimum atomic E-state index is -0.747. The highest BCUT2D eigenvalue weighted by atomic mass is 19.1. The van der Waals surface area contributed by atoms with E-state index in [1.54, 1.807) is 12.1 Å². The number of benzene rings is 1. The van der Waals surface area contributed by atoms with Crippen molar-refractivity contribution in [1.29, 1.82) is 0 Å². The summed E-state index contributed by atoms with van der Waals surface area (Å²) in [4.78, 5) is 11.5. The Morgan fingerprint density at radius 2 is 2.06 bits per heavy atom. The number of hydrogen-bond donors (Lipinski definition) is 0. The lowest BCUT2D eigenvalue weighted by Crippen LogP contribution is -2.09. The van der Waals surface area contributed by atoms with Crippen molar-refractivity contribution in [2.75, 3.05) is 27.4 Å². The van der Waals surface area contributed by atoms with E-state index in [1.807, 2.05) is 0 Å². The first-order valence-electron chi connectivity index (χ1n) is 5.29. The molecular formula is C13H15FO4. The van der Waals surface area contributed by atoms with E-state index in [2.05, 4.69) is 11.3 Å². The van der Waals surface area contributed by atoms with Crippen molar-refractivity contribution in [1.82, 2.24) is 0 Å². The largest absolute Gasteiger partial charge is 0.490 e. The summed E-state index contributed by atoms with van der Waals surface area (Å²) in [5, 5.41) is 0. The highest BCUT2D eigenvalue weighted by Crippen LogP contribution is 2.30. The molecule has 1 aromatic rings. The molecule has 98 valence electrons. The molecular weight excluding hydrogens is 239 g/mol. The maximum Gasteiger partial charge on any atom is 0.338 e. The second-order valence-corrected chi connectivity index (χ2v) is 3.42. The minimum Gasteiger partial charge on any atom is -0.490 e. The molecule has 0 N–H and O–H groups in total. The highest BCUT2D eigenvalue weighted by Gasteiger charge is 2.18. The van der Waals surface area contributed by atoms with E-state index in [9.17, 15) is 9.18 Å². The molecule has 0 amide bonds. The monoisotopic (exact) mass is 254 g/mol. The fourth-order valence-electron chi connectivity index (χ4n) is 1.45. The lowest BCUT2D eigenvalue weighted by molar-refractivity contribution is 0.0599. The molecule has 0 saturated heterocycles. The van der Waals surface area contributed by atoms with Crippen LogP contribution in [-0.4, -0.2) is 33.4 Å². The number of halogens is 1. The van der Waals surface area contributed by atoms with Gasteiger partial charge < -0.3 is 14.2 Å². The van der Waals surface area contributed by atoms with Gasteiger partial charge in [0.15, 0.2) is 0 Å². The van der Waals surface area contributed by atoms with Gasteiger partial charge in [0.1, 0.15) is 18.2 Å². The van der Waals surface area contributed by atoms with Crippen LogP contribution in [0.5, 0.6) is 5.75 Å². The van der Waals surface area contributed by atoms with E-state index in [0.29, 0.717) is 6.61 Å². The first-order valence-corrected chi connectivity index (χ1v) is 5.29. The van der Waals surface area contributed by atoms with Crippen LogP contribution in [0.1, 0.15) is 15.9 Å². The molecule has 1 aromatic carbocycles. The van der Waals surface area contributed by atoms with Crippen LogP contribution in [0.2, 0.25) is 0 Å². The molecule has 0 fully saturated rings. The predicted octanol–water partition coefficient (Wildman–Crippen LogP) is 2.44.